The molecule has 0 bridgehead atoms. The van der Waals surface area contributed by atoms with E-state index in [2.05, 4.69) is 5.32 Å². The summed E-state index contributed by atoms with van der Waals surface area (Å²) in [6, 6.07) is 6.48. The Hall–Kier alpha value is -2.70. The van der Waals surface area contributed by atoms with Crippen LogP contribution in [0, 0.1) is 0 Å². The Balaban J connectivity index is 1.93. The normalized spacial score (nSPS) is 14.9. The van der Waals surface area contributed by atoms with Crippen LogP contribution < -0.4 is 5.32 Å². The van der Waals surface area contributed by atoms with E-state index in [1.165, 1.54) is 16.7 Å². The molecule has 0 aliphatic carbocycles. The third-order valence-electron chi connectivity index (χ3n) is 3.69. The minimum atomic E-state index is -0.653. The highest BCUT2D eigenvalue weighted by Gasteiger charge is 2.32. The van der Waals surface area contributed by atoms with Gasteiger partial charge in [0.05, 0.1) is 0 Å². The lowest BCUT2D eigenvalue weighted by atomic mass is 10.1. The summed E-state index contributed by atoms with van der Waals surface area (Å²) in [4.78, 5) is 49.6. The first-order valence-corrected chi connectivity index (χ1v) is 7.41. The molecule has 0 saturated carbocycles. The fourth-order valence-corrected chi connectivity index (χ4v) is 2.33. The molecule has 1 saturated heterocycles. The number of likely N-dealkylation sites (N-methyl/N-ethyl adjacent to an activating group) is 1. The van der Waals surface area contributed by atoms with Gasteiger partial charge in [-0.25, -0.2) is 0 Å². The summed E-state index contributed by atoms with van der Waals surface area (Å²) in [5.74, 6) is -1.66. The summed E-state index contributed by atoms with van der Waals surface area (Å²) < 4.78 is 0. The molecule has 3 amide bonds. The van der Waals surface area contributed by atoms with Gasteiger partial charge in [-0.1, -0.05) is 0 Å². The van der Waals surface area contributed by atoms with Crippen molar-refractivity contribution in [2.45, 2.75) is 13.8 Å². The first-order chi connectivity index (χ1) is 10.9. The Morgan fingerprint density at radius 2 is 1.61 bits per heavy atom. The molecule has 1 heterocycles. The maximum absolute atomic E-state index is 12.0. The number of rotatable bonds is 5. The van der Waals surface area contributed by atoms with Crippen LogP contribution in [0.5, 0.6) is 0 Å². The number of carbonyl (C=O) groups excluding carboxylic acids is 4. The summed E-state index contributed by atoms with van der Waals surface area (Å²) in [5.41, 5.74) is 1.09. The summed E-state index contributed by atoms with van der Waals surface area (Å²) >= 11 is 0. The maximum Gasteiger partial charge on any atom is 0.312 e. The van der Waals surface area contributed by atoms with E-state index in [1.807, 2.05) is 0 Å². The monoisotopic (exact) mass is 317 g/mol. The Bertz CT molecular complexity index is 639. The van der Waals surface area contributed by atoms with Crippen molar-refractivity contribution in [3.63, 3.8) is 0 Å². The lowest BCUT2D eigenvalue weighted by Gasteiger charge is -2.32. The minimum absolute atomic E-state index is 0.0548. The Labute approximate surface area is 134 Å². The molecular formula is C16H19N3O4. The molecular weight excluding hydrogens is 298 g/mol. The van der Waals surface area contributed by atoms with Crippen LogP contribution in [0.1, 0.15) is 24.2 Å². The molecule has 23 heavy (non-hydrogen) atoms. The number of amides is 3. The number of nitrogens with one attached hydrogen (secondary N) is 1. The van der Waals surface area contributed by atoms with E-state index in [1.54, 1.807) is 31.2 Å². The molecule has 1 aliphatic rings. The third kappa shape index (κ3) is 3.94. The van der Waals surface area contributed by atoms with Crippen molar-refractivity contribution >= 4 is 29.2 Å². The van der Waals surface area contributed by atoms with Crippen molar-refractivity contribution < 1.29 is 19.2 Å². The van der Waals surface area contributed by atoms with Crippen LogP contribution in [0.3, 0.4) is 0 Å². The van der Waals surface area contributed by atoms with E-state index in [-0.39, 0.29) is 18.2 Å². The lowest BCUT2D eigenvalue weighted by Crippen LogP contribution is -2.55. The summed E-state index contributed by atoms with van der Waals surface area (Å²) in [6.07, 6.45) is 0. The molecule has 1 aliphatic heterocycles. The molecule has 122 valence electrons. The summed E-state index contributed by atoms with van der Waals surface area (Å²) in [7, 11) is 0. The maximum atomic E-state index is 12.0. The zero-order valence-electron chi connectivity index (χ0n) is 13.2. The second-order valence-electron chi connectivity index (χ2n) is 5.29. The number of piperazine rings is 1. The molecule has 1 fully saturated rings. The van der Waals surface area contributed by atoms with Crippen LogP contribution in [0.4, 0.5) is 5.69 Å². The Kier molecular flexibility index (Phi) is 5.10. The standard InChI is InChI=1S/C16H19N3O4/c1-3-18-8-9-19(16(23)15(18)22)10-14(21)17-13-6-4-12(5-7-13)11(2)20/h4-7H,3,8-10H2,1-2H3,(H,17,21). The lowest BCUT2D eigenvalue weighted by molar-refractivity contribution is -0.156. The molecule has 7 heteroatoms. The van der Waals surface area contributed by atoms with Crippen LogP contribution in [0.15, 0.2) is 24.3 Å². The molecule has 1 aromatic carbocycles. The number of carbonyl (C=O) groups is 4. The number of hydrogen-bond donors (Lipinski definition) is 1. The van der Waals surface area contributed by atoms with E-state index in [0.29, 0.717) is 30.9 Å². The smallest absolute Gasteiger partial charge is 0.312 e. The van der Waals surface area contributed by atoms with Crippen molar-refractivity contribution in [2.75, 3.05) is 31.5 Å². The number of anilines is 1. The van der Waals surface area contributed by atoms with Gasteiger partial charge < -0.3 is 15.1 Å². The molecule has 1 aromatic rings. The second-order valence-corrected chi connectivity index (χ2v) is 5.29. The number of Topliss-reactive ketones (excluding diaryl/α,β-unsaturated/α-hetero) is 1. The highest BCUT2D eigenvalue weighted by Crippen LogP contribution is 2.11. The third-order valence-corrected chi connectivity index (χ3v) is 3.69. The van der Waals surface area contributed by atoms with Crippen molar-refractivity contribution in [2.24, 2.45) is 0 Å². The molecule has 0 radical (unpaired) electrons. The Morgan fingerprint density at radius 1 is 1.04 bits per heavy atom. The fraction of sp³-hybridized carbons (Fsp3) is 0.375. The van der Waals surface area contributed by atoms with E-state index in [0.717, 1.165) is 0 Å². The van der Waals surface area contributed by atoms with Gasteiger partial charge in [-0.15, -0.1) is 0 Å². The van der Waals surface area contributed by atoms with E-state index < -0.39 is 11.8 Å². The van der Waals surface area contributed by atoms with Gasteiger partial charge in [-0.3, -0.25) is 19.2 Å². The largest absolute Gasteiger partial charge is 0.333 e. The van der Waals surface area contributed by atoms with Crippen LogP contribution in [0.2, 0.25) is 0 Å². The average molecular weight is 317 g/mol. The van der Waals surface area contributed by atoms with Gasteiger partial charge in [0.2, 0.25) is 5.91 Å². The van der Waals surface area contributed by atoms with Gasteiger partial charge >= 0.3 is 11.8 Å². The summed E-state index contributed by atoms with van der Waals surface area (Å²) in [6.45, 7) is 4.35. The molecule has 1 N–H and O–H groups in total. The van der Waals surface area contributed by atoms with Crippen LogP contribution >= 0.6 is 0 Å². The zero-order chi connectivity index (χ0) is 17.0. The molecule has 2 rings (SSSR count). The summed E-state index contributed by atoms with van der Waals surface area (Å²) in [5, 5.41) is 2.65. The molecule has 0 unspecified atom stereocenters. The van der Waals surface area contributed by atoms with Gasteiger partial charge in [-0.05, 0) is 38.1 Å². The van der Waals surface area contributed by atoms with E-state index in [4.69, 9.17) is 0 Å². The predicted octanol–water partition coefficient (Wildman–Crippen LogP) is 0.518. The molecule has 0 atom stereocenters. The SMILES string of the molecule is CCN1CCN(CC(=O)Nc2ccc(C(C)=O)cc2)C(=O)C1=O. The van der Waals surface area contributed by atoms with E-state index >= 15 is 0 Å². The number of hydrogen-bond acceptors (Lipinski definition) is 4. The second kappa shape index (κ2) is 7.04. The molecule has 7 nitrogen and oxygen atoms in total. The quantitative estimate of drug-likeness (QED) is 0.633. The highest BCUT2D eigenvalue weighted by molar-refractivity contribution is 6.35. The number of nitrogens with zero attached hydrogens (tertiary/aromatic N) is 2. The van der Waals surface area contributed by atoms with Crippen molar-refractivity contribution in [3.8, 4) is 0 Å². The number of ketones is 1. The Morgan fingerprint density at radius 3 is 2.17 bits per heavy atom. The molecule has 0 aromatic heterocycles. The van der Waals surface area contributed by atoms with Gasteiger partial charge in [0.1, 0.15) is 6.54 Å². The topological polar surface area (TPSA) is 86.8 Å². The first-order valence-electron chi connectivity index (χ1n) is 7.41. The van der Waals surface area contributed by atoms with E-state index in [9.17, 15) is 19.2 Å². The average Bonchev–Trinajstić information content (AvgIpc) is 2.52. The molecule has 0 spiro atoms. The fourth-order valence-electron chi connectivity index (χ4n) is 2.33. The van der Waals surface area contributed by atoms with Gasteiger partial charge in [0, 0.05) is 30.9 Å². The van der Waals surface area contributed by atoms with Crippen molar-refractivity contribution in [1.82, 2.24) is 9.80 Å². The minimum Gasteiger partial charge on any atom is -0.333 e. The number of benzene rings is 1. The highest BCUT2D eigenvalue weighted by atomic mass is 16.2. The van der Waals surface area contributed by atoms with Crippen LogP contribution in [0.25, 0.3) is 0 Å². The van der Waals surface area contributed by atoms with Crippen molar-refractivity contribution in [1.29, 1.82) is 0 Å². The van der Waals surface area contributed by atoms with Crippen LogP contribution in [-0.2, 0) is 14.4 Å². The van der Waals surface area contributed by atoms with Gasteiger partial charge in [0.15, 0.2) is 5.78 Å². The predicted molar refractivity (Wildman–Crippen MR) is 83.9 cm³/mol. The first kappa shape index (κ1) is 16.7. The zero-order valence-corrected chi connectivity index (χ0v) is 13.2. The van der Waals surface area contributed by atoms with Crippen LogP contribution in [-0.4, -0.2) is 59.5 Å². The van der Waals surface area contributed by atoms with Gasteiger partial charge in [0.25, 0.3) is 0 Å². The van der Waals surface area contributed by atoms with Gasteiger partial charge in [-0.2, -0.15) is 0 Å². The van der Waals surface area contributed by atoms with Crippen molar-refractivity contribution in [3.05, 3.63) is 29.8 Å².